The Bertz CT molecular complexity index is 1450. The van der Waals surface area contributed by atoms with E-state index in [1.54, 1.807) is 0 Å². The van der Waals surface area contributed by atoms with Crippen LogP contribution in [0.3, 0.4) is 0 Å². The standard InChI is InChI=1S/C23H15NO/c1-24-20-9-5-4-8-16(20)17-12-13-19-18-11-10-14-6-2-3-7-15(14)22(18)25-23(19)21(17)24/h2-13H,1H3. The Morgan fingerprint density at radius 2 is 1.28 bits per heavy atom. The fraction of sp³-hybridized carbons (Fsp3) is 0.0435. The van der Waals surface area contributed by atoms with Crippen LogP contribution < -0.4 is 0 Å². The monoisotopic (exact) mass is 321 g/mol. The van der Waals surface area contributed by atoms with Gasteiger partial charge in [-0.05, 0) is 23.6 Å². The molecule has 6 rings (SSSR count). The maximum Gasteiger partial charge on any atom is 0.159 e. The molecule has 0 aliphatic heterocycles. The summed E-state index contributed by atoms with van der Waals surface area (Å²) in [7, 11) is 2.12. The Kier molecular flexibility index (Phi) is 2.31. The molecule has 0 amide bonds. The first-order chi connectivity index (χ1) is 12.3. The Balaban J connectivity index is 1.92. The van der Waals surface area contributed by atoms with Crippen molar-refractivity contribution in [1.82, 2.24) is 4.57 Å². The van der Waals surface area contributed by atoms with E-state index < -0.39 is 0 Å². The van der Waals surface area contributed by atoms with E-state index in [2.05, 4.69) is 84.4 Å². The SMILES string of the molecule is Cn1c2ccccc2c2ccc3c4ccc5ccccc5c4oc3c21. The average molecular weight is 321 g/mol. The molecule has 0 atom stereocenters. The molecule has 0 radical (unpaired) electrons. The average Bonchev–Trinajstić information content (AvgIpc) is 3.18. The molecule has 0 saturated carbocycles. The van der Waals surface area contributed by atoms with Crippen LogP contribution in [0, 0.1) is 0 Å². The van der Waals surface area contributed by atoms with Crippen molar-refractivity contribution in [2.75, 3.05) is 0 Å². The van der Waals surface area contributed by atoms with Gasteiger partial charge in [0, 0.05) is 39.5 Å². The van der Waals surface area contributed by atoms with Gasteiger partial charge in [0.1, 0.15) is 5.58 Å². The van der Waals surface area contributed by atoms with Gasteiger partial charge in [-0.25, -0.2) is 0 Å². The maximum atomic E-state index is 6.47. The molecule has 0 aliphatic carbocycles. The molecule has 2 heteroatoms. The van der Waals surface area contributed by atoms with Gasteiger partial charge in [-0.1, -0.05) is 54.6 Å². The number of hydrogen-bond acceptors (Lipinski definition) is 1. The molecule has 0 bridgehead atoms. The summed E-state index contributed by atoms with van der Waals surface area (Å²) in [6.07, 6.45) is 0. The van der Waals surface area contributed by atoms with Crippen molar-refractivity contribution in [1.29, 1.82) is 0 Å². The normalized spacial score (nSPS) is 12.2. The number of para-hydroxylation sites is 1. The molecule has 2 heterocycles. The second kappa shape index (κ2) is 4.42. The number of rotatable bonds is 0. The van der Waals surface area contributed by atoms with Gasteiger partial charge in [0.25, 0.3) is 0 Å². The molecule has 0 spiro atoms. The van der Waals surface area contributed by atoms with Gasteiger partial charge in [-0.15, -0.1) is 0 Å². The van der Waals surface area contributed by atoms with Gasteiger partial charge in [-0.2, -0.15) is 0 Å². The minimum absolute atomic E-state index is 0.975. The molecule has 0 unspecified atom stereocenters. The highest BCUT2D eigenvalue weighted by atomic mass is 16.3. The number of hydrogen-bond donors (Lipinski definition) is 0. The van der Waals surface area contributed by atoms with Crippen LogP contribution in [0.1, 0.15) is 0 Å². The lowest BCUT2D eigenvalue weighted by atomic mass is 10.1. The summed E-state index contributed by atoms with van der Waals surface area (Å²) in [5, 5.41) is 7.26. The third-order valence-corrected chi connectivity index (χ3v) is 5.40. The first-order valence-corrected chi connectivity index (χ1v) is 8.53. The predicted octanol–water partition coefficient (Wildman–Crippen LogP) is 6.38. The fourth-order valence-electron chi connectivity index (χ4n) is 4.22. The van der Waals surface area contributed by atoms with Crippen molar-refractivity contribution in [3.63, 3.8) is 0 Å². The summed E-state index contributed by atoms with van der Waals surface area (Å²) in [5.74, 6) is 0. The largest absolute Gasteiger partial charge is 0.453 e. The molecule has 2 aromatic heterocycles. The Labute approximate surface area is 143 Å². The van der Waals surface area contributed by atoms with E-state index in [1.165, 1.54) is 43.4 Å². The van der Waals surface area contributed by atoms with Crippen molar-refractivity contribution in [2.24, 2.45) is 7.05 Å². The zero-order valence-electron chi connectivity index (χ0n) is 13.8. The highest BCUT2D eigenvalue weighted by molar-refractivity contribution is 6.23. The van der Waals surface area contributed by atoms with Gasteiger partial charge < -0.3 is 8.98 Å². The fourth-order valence-corrected chi connectivity index (χ4v) is 4.22. The zero-order chi connectivity index (χ0) is 16.5. The highest BCUT2D eigenvalue weighted by Gasteiger charge is 2.16. The van der Waals surface area contributed by atoms with Crippen LogP contribution in [0.2, 0.25) is 0 Å². The molecule has 2 nitrogen and oxygen atoms in total. The van der Waals surface area contributed by atoms with Crippen molar-refractivity contribution in [2.45, 2.75) is 0 Å². The van der Waals surface area contributed by atoms with E-state index in [1.807, 2.05) is 0 Å². The van der Waals surface area contributed by atoms with Crippen molar-refractivity contribution < 1.29 is 4.42 Å². The second-order valence-corrected chi connectivity index (χ2v) is 6.68. The minimum atomic E-state index is 0.975. The summed E-state index contributed by atoms with van der Waals surface area (Å²) in [4.78, 5) is 0. The van der Waals surface area contributed by atoms with Crippen LogP contribution in [0.5, 0.6) is 0 Å². The molecule has 0 saturated heterocycles. The number of aryl methyl sites for hydroxylation is 1. The van der Waals surface area contributed by atoms with Crippen LogP contribution >= 0.6 is 0 Å². The third kappa shape index (κ3) is 1.54. The summed E-state index contributed by atoms with van der Waals surface area (Å²) in [6, 6.07) is 25.7. The third-order valence-electron chi connectivity index (χ3n) is 5.40. The van der Waals surface area contributed by atoms with E-state index in [4.69, 9.17) is 4.42 Å². The second-order valence-electron chi connectivity index (χ2n) is 6.68. The van der Waals surface area contributed by atoms with E-state index >= 15 is 0 Å². The lowest BCUT2D eigenvalue weighted by Crippen LogP contribution is -1.86. The summed E-state index contributed by atoms with van der Waals surface area (Å²) in [5.41, 5.74) is 4.35. The van der Waals surface area contributed by atoms with E-state index in [0.29, 0.717) is 0 Å². The Morgan fingerprint density at radius 1 is 0.600 bits per heavy atom. The van der Waals surface area contributed by atoms with Crippen molar-refractivity contribution in [3.05, 3.63) is 72.8 Å². The molecule has 6 aromatic rings. The van der Waals surface area contributed by atoms with Crippen LogP contribution in [0.15, 0.2) is 77.2 Å². The van der Waals surface area contributed by atoms with Gasteiger partial charge in [0.2, 0.25) is 0 Å². The molecule has 0 N–H and O–H groups in total. The molecule has 4 aromatic carbocycles. The summed E-state index contributed by atoms with van der Waals surface area (Å²) >= 11 is 0. The van der Waals surface area contributed by atoms with Crippen molar-refractivity contribution in [3.8, 4) is 0 Å². The predicted molar refractivity (Wildman–Crippen MR) is 105 cm³/mol. The lowest BCUT2D eigenvalue weighted by molar-refractivity contribution is 0.674. The van der Waals surface area contributed by atoms with Crippen LogP contribution in [-0.2, 0) is 7.05 Å². The van der Waals surface area contributed by atoms with Gasteiger partial charge >= 0.3 is 0 Å². The molecular formula is C23H15NO. The Hall–Kier alpha value is -3.26. The number of aromatic nitrogens is 1. The molecule has 0 aliphatic rings. The quantitative estimate of drug-likeness (QED) is 0.317. The number of fused-ring (bicyclic) bond motifs is 9. The van der Waals surface area contributed by atoms with Crippen LogP contribution in [0.4, 0.5) is 0 Å². The number of furan rings is 1. The lowest BCUT2D eigenvalue weighted by Gasteiger charge is -1.98. The summed E-state index contributed by atoms with van der Waals surface area (Å²) < 4.78 is 8.72. The number of nitrogens with zero attached hydrogens (tertiary/aromatic N) is 1. The summed E-state index contributed by atoms with van der Waals surface area (Å²) in [6.45, 7) is 0. The molecule has 118 valence electrons. The van der Waals surface area contributed by atoms with Gasteiger partial charge in [0.05, 0.1) is 5.52 Å². The molecule has 25 heavy (non-hydrogen) atoms. The van der Waals surface area contributed by atoms with Gasteiger partial charge in [-0.3, -0.25) is 0 Å². The first-order valence-electron chi connectivity index (χ1n) is 8.53. The molecular weight excluding hydrogens is 306 g/mol. The first kappa shape index (κ1) is 13.1. The Morgan fingerprint density at radius 3 is 2.20 bits per heavy atom. The highest BCUT2D eigenvalue weighted by Crippen LogP contribution is 2.39. The number of benzene rings is 4. The van der Waals surface area contributed by atoms with Crippen molar-refractivity contribution >= 4 is 54.5 Å². The molecule has 0 fully saturated rings. The van der Waals surface area contributed by atoms with Crippen LogP contribution in [0.25, 0.3) is 54.5 Å². The van der Waals surface area contributed by atoms with Gasteiger partial charge in [0.15, 0.2) is 5.58 Å². The van der Waals surface area contributed by atoms with E-state index in [9.17, 15) is 0 Å². The van der Waals surface area contributed by atoms with Crippen LogP contribution in [-0.4, -0.2) is 4.57 Å². The minimum Gasteiger partial charge on any atom is -0.453 e. The maximum absolute atomic E-state index is 6.47. The van der Waals surface area contributed by atoms with E-state index in [-0.39, 0.29) is 0 Å². The van der Waals surface area contributed by atoms with E-state index in [0.717, 1.165) is 11.2 Å². The zero-order valence-corrected chi connectivity index (χ0v) is 13.8. The topological polar surface area (TPSA) is 18.1 Å². The smallest absolute Gasteiger partial charge is 0.159 e.